The Balaban J connectivity index is 1.47. The van der Waals surface area contributed by atoms with Crippen LogP contribution >= 0.6 is 23.4 Å². The van der Waals surface area contributed by atoms with E-state index in [2.05, 4.69) is 20.8 Å². The van der Waals surface area contributed by atoms with Crippen molar-refractivity contribution < 1.29 is 32.2 Å². The fourth-order valence-corrected chi connectivity index (χ4v) is 4.52. The molecule has 0 saturated carbocycles. The molecule has 1 aromatic heterocycles. The van der Waals surface area contributed by atoms with E-state index in [-0.39, 0.29) is 29.7 Å². The van der Waals surface area contributed by atoms with E-state index in [9.17, 15) is 22.8 Å². The minimum atomic E-state index is -4.62. The molecule has 0 spiro atoms. The van der Waals surface area contributed by atoms with E-state index in [0.29, 0.717) is 28.0 Å². The van der Waals surface area contributed by atoms with Gasteiger partial charge in [0, 0.05) is 5.02 Å². The van der Waals surface area contributed by atoms with Gasteiger partial charge in [0.2, 0.25) is 5.91 Å². The highest BCUT2D eigenvalue weighted by atomic mass is 35.5. The van der Waals surface area contributed by atoms with Gasteiger partial charge in [-0.05, 0) is 48.5 Å². The van der Waals surface area contributed by atoms with Crippen molar-refractivity contribution in [2.75, 3.05) is 24.8 Å². The molecule has 0 atom stereocenters. The minimum Gasteiger partial charge on any atom is -0.495 e. The lowest BCUT2D eigenvalue weighted by molar-refractivity contribution is -0.137. The van der Waals surface area contributed by atoms with Gasteiger partial charge in [-0.3, -0.25) is 14.2 Å². The molecule has 4 aromatic rings. The lowest BCUT2D eigenvalue weighted by Gasteiger charge is -2.15. The van der Waals surface area contributed by atoms with Crippen molar-refractivity contribution in [2.45, 2.75) is 17.9 Å². The fraction of sp³-hybridized carbons (Fsp3) is 0.185. The number of hydrogen-bond donors (Lipinski definition) is 2. The van der Waals surface area contributed by atoms with E-state index < -0.39 is 23.6 Å². The second-order valence-electron chi connectivity index (χ2n) is 8.31. The zero-order valence-electron chi connectivity index (χ0n) is 21.4. The smallest absolute Gasteiger partial charge is 0.418 e. The number of halogens is 4. The van der Waals surface area contributed by atoms with Crippen molar-refractivity contribution in [1.29, 1.82) is 0 Å². The van der Waals surface area contributed by atoms with Gasteiger partial charge in [0.15, 0.2) is 17.6 Å². The van der Waals surface area contributed by atoms with Crippen molar-refractivity contribution in [3.63, 3.8) is 0 Å². The van der Waals surface area contributed by atoms with Crippen LogP contribution in [0.25, 0.3) is 5.69 Å². The van der Waals surface area contributed by atoms with Gasteiger partial charge in [-0.15, -0.1) is 10.2 Å². The average molecular weight is 606 g/mol. The van der Waals surface area contributed by atoms with Crippen molar-refractivity contribution in [1.82, 2.24) is 20.1 Å². The first kappa shape index (κ1) is 29.7. The number of amides is 2. The highest BCUT2D eigenvalue weighted by Crippen LogP contribution is 2.35. The van der Waals surface area contributed by atoms with Crippen LogP contribution in [0.2, 0.25) is 5.02 Å². The van der Waals surface area contributed by atoms with Crippen LogP contribution in [0, 0.1) is 0 Å². The number of thioether (sulfide) groups is 1. The first-order valence-corrected chi connectivity index (χ1v) is 13.3. The number of anilines is 1. The molecular weight excluding hydrogens is 583 g/mol. The largest absolute Gasteiger partial charge is 0.495 e. The SMILES string of the molecule is COc1ccccc1-n1c(CNC(=O)COc2ccc(Cl)cc2)nnc1SCC(=O)Nc1ccccc1C(F)(F)F. The van der Waals surface area contributed by atoms with Gasteiger partial charge in [0.1, 0.15) is 11.5 Å². The lowest BCUT2D eigenvalue weighted by atomic mass is 10.1. The monoisotopic (exact) mass is 605 g/mol. The molecule has 3 aromatic carbocycles. The first-order chi connectivity index (χ1) is 19.7. The maximum Gasteiger partial charge on any atom is 0.418 e. The summed E-state index contributed by atoms with van der Waals surface area (Å²) in [5.41, 5.74) is -0.762. The molecule has 0 unspecified atom stereocenters. The summed E-state index contributed by atoms with van der Waals surface area (Å²) in [5, 5.41) is 14.1. The van der Waals surface area contributed by atoms with Crippen molar-refractivity contribution in [2.24, 2.45) is 0 Å². The summed E-state index contributed by atoms with van der Waals surface area (Å²) in [7, 11) is 1.48. The van der Waals surface area contributed by atoms with E-state index in [1.807, 2.05) is 0 Å². The fourth-order valence-electron chi connectivity index (χ4n) is 3.63. The maximum atomic E-state index is 13.3. The summed E-state index contributed by atoms with van der Waals surface area (Å²) in [6, 6.07) is 18.2. The molecule has 0 aliphatic carbocycles. The minimum absolute atomic E-state index is 0.0421. The number of benzene rings is 3. The number of ether oxygens (including phenoxy) is 2. The zero-order chi connectivity index (χ0) is 29.4. The Labute approximate surface area is 242 Å². The number of methoxy groups -OCH3 is 1. The summed E-state index contributed by atoms with van der Waals surface area (Å²) in [4.78, 5) is 25.0. The molecule has 2 amide bonds. The molecule has 0 radical (unpaired) electrons. The summed E-state index contributed by atoms with van der Waals surface area (Å²) < 4.78 is 52.5. The number of carbonyl (C=O) groups is 2. The summed E-state index contributed by atoms with van der Waals surface area (Å²) >= 11 is 6.81. The number of para-hydroxylation sites is 3. The quantitative estimate of drug-likeness (QED) is 0.221. The van der Waals surface area contributed by atoms with Crippen LogP contribution in [-0.4, -0.2) is 46.0 Å². The van der Waals surface area contributed by atoms with E-state index in [0.717, 1.165) is 17.8 Å². The number of carbonyl (C=O) groups excluding carboxylic acids is 2. The Morgan fingerprint density at radius 3 is 2.41 bits per heavy atom. The number of aromatic nitrogens is 3. The Morgan fingerprint density at radius 1 is 0.976 bits per heavy atom. The third-order valence-corrected chi connectivity index (χ3v) is 6.67. The highest BCUT2D eigenvalue weighted by molar-refractivity contribution is 7.99. The van der Waals surface area contributed by atoms with Crippen LogP contribution in [0.4, 0.5) is 18.9 Å². The summed E-state index contributed by atoms with van der Waals surface area (Å²) in [6.45, 7) is -0.300. The van der Waals surface area contributed by atoms with Crippen molar-refractivity contribution >= 4 is 40.9 Å². The molecule has 9 nitrogen and oxygen atoms in total. The van der Waals surface area contributed by atoms with Gasteiger partial charge in [0.25, 0.3) is 5.91 Å². The van der Waals surface area contributed by atoms with E-state index in [4.69, 9.17) is 21.1 Å². The molecule has 1 heterocycles. The molecule has 0 bridgehead atoms. The standard InChI is InChI=1S/C27H23ClF3N5O4S/c1-39-22-9-5-4-8-21(22)36-23(14-32-24(37)15-40-18-12-10-17(28)11-13-18)34-35-26(36)41-16-25(38)33-20-7-3-2-6-19(20)27(29,30)31/h2-13H,14-16H2,1H3,(H,32,37)(H,33,38). The van der Waals surface area contributed by atoms with Crippen LogP contribution < -0.4 is 20.1 Å². The second kappa shape index (κ2) is 13.4. The van der Waals surface area contributed by atoms with Gasteiger partial charge < -0.3 is 20.1 Å². The number of nitrogens with one attached hydrogen (secondary N) is 2. The Morgan fingerprint density at radius 2 is 1.68 bits per heavy atom. The van der Waals surface area contributed by atoms with Crippen LogP contribution in [0.5, 0.6) is 11.5 Å². The molecule has 214 valence electrons. The predicted octanol–water partition coefficient (Wildman–Crippen LogP) is 5.37. The topological polar surface area (TPSA) is 107 Å². The van der Waals surface area contributed by atoms with Gasteiger partial charge in [0.05, 0.1) is 36.3 Å². The Kier molecular flexibility index (Phi) is 9.73. The maximum absolute atomic E-state index is 13.3. The first-order valence-electron chi connectivity index (χ1n) is 12.0. The number of nitrogens with zero attached hydrogens (tertiary/aromatic N) is 3. The van der Waals surface area contributed by atoms with Crippen molar-refractivity contribution in [3.05, 3.63) is 89.2 Å². The molecule has 4 rings (SSSR count). The third-order valence-electron chi connectivity index (χ3n) is 5.49. The molecule has 0 fully saturated rings. The van der Waals surface area contributed by atoms with Crippen LogP contribution in [0.1, 0.15) is 11.4 Å². The van der Waals surface area contributed by atoms with E-state index in [1.165, 1.54) is 25.3 Å². The second-order valence-corrected chi connectivity index (χ2v) is 9.68. The zero-order valence-corrected chi connectivity index (χ0v) is 23.0. The van der Waals surface area contributed by atoms with Crippen LogP contribution in [0.3, 0.4) is 0 Å². The number of rotatable bonds is 11. The lowest BCUT2D eigenvalue weighted by Crippen LogP contribution is -2.29. The number of hydrogen-bond acceptors (Lipinski definition) is 7. The van der Waals surface area contributed by atoms with Gasteiger partial charge in [-0.2, -0.15) is 13.2 Å². The summed E-state index contributed by atoms with van der Waals surface area (Å²) in [6.07, 6.45) is -4.62. The Bertz CT molecular complexity index is 1520. The number of alkyl halides is 3. The van der Waals surface area contributed by atoms with Gasteiger partial charge in [-0.25, -0.2) is 0 Å². The van der Waals surface area contributed by atoms with E-state index >= 15 is 0 Å². The molecule has 41 heavy (non-hydrogen) atoms. The molecule has 2 N–H and O–H groups in total. The van der Waals surface area contributed by atoms with Crippen LogP contribution in [-0.2, 0) is 22.3 Å². The van der Waals surface area contributed by atoms with Crippen molar-refractivity contribution in [3.8, 4) is 17.2 Å². The predicted molar refractivity (Wildman–Crippen MR) is 148 cm³/mol. The van der Waals surface area contributed by atoms with E-state index in [1.54, 1.807) is 53.1 Å². The molecule has 14 heteroatoms. The summed E-state index contributed by atoms with van der Waals surface area (Å²) in [5.74, 6) is -0.102. The normalized spacial score (nSPS) is 11.1. The Hall–Kier alpha value is -4.23. The average Bonchev–Trinajstić information content (AvgIpc) is 3.36. The molecule has 0 aliphatic heterocycles. The third kappa shape index (κ3) is 7.92. The van der Waals surface area contributed by atoms with Gasteiger partial charge >= 0.3 is 6.18 Å². The molecular formula is C27H23ClF3N5O4S. The molecule has 0 aliphatic rings. The highest BCUT2D eigenvalue weighted by Gasteiger charge is 2.33. The van der Waals surface area contributed by atoms with Crippen LogP contribution in [0.15, 0.2) is 78.0 Å². The van der Waals surface area contributed by atoms with Gasteiger partial charge in [-0.1, -0.05) is 47.6 Å². The molecule has 0 saturated heterocycles.